The van der Waals surface area contributed by atoms with Crippen molar-refractivity contribution in [1.82, 2.24) is 25.2 Å². The molecule has 1 aromatic carbocycles. The number of hydrogen-bond donors (Lipinski definition) is 2. The number of amides is 1. The van der Waals surface area contributed by atoms with Crippen LogP contribution >= 0.6 is 22.9 Å². The van der Waals surface area contributed by atoms with Crippen LogP contribution in [0.15, 0.2) is 46.0 Å². The van der Waals surface area contributed by atoms with E-state index < -0.39 is 59.7 Å². The summed E-state index contributed by atoms with van der Waals surface area (Å²) in [7, 11) is 1.16. The second-order valence-corrected chi connectivity index (χ2v) is 13.0. The Morgan fingerprint density at radius 3 is 2.64 bits per heavy atom. The van der Waals surface area contributed by atoms with E-state index in [0.717, 1.165) is 13.2 Å². The molecule has 11 nitrogen and oxygen atoms in total. The summed E-state index contributed by atoms with van der Waals surface area (Å²) >= 11 is 7.59. The zero-order valence-electron chi connectivity index (χ0n) is 24.9. The first-order chi connectivity index (χ1) is 21.2. The fourth-order valence-electron chi connectivity index (χ4n) is 5.95. The van der Waals surface area contributed by atoms with E-state index in [9.17, 15) is 23.9 Å². The van der Waals surface area contributed by atoms with E-state index in [1.807, 2.05) is 0 Å². The Morgan fingerprint density at radius 1 is 1.29 bits per heavy atom. The molecule has 2 N–H and O–H groups in total. The fraction of sp³-hybridized carbons (Fsp3) is 0.483. The number of aliphatic imine (C=N–C) groups is 1. The number of hydrogen-bond acceptors (Lipinski definition) is 10. The van der Waals surface area contributed by atoms with Crippen LogP contribution in [-0.4, -0.2) is 100.0 Å². The normalized spacial score (nSPS) is 23.5. The molecule has 0 bridgehead atoms. The summed E-state index contributed by atoms with van der Waals surface area (Å²) in [5.74, 6) is -6.16. The average Bonchev–Trinajstić information content (AvgIpc) is 3.70. The van der Waals surface area contributed by atoms with Crippen molar-refractivity contribution in [2.24, 2.45) is 10.4 Å². The number of fused-ring (bicyclic) bond motifs is 1. The molecular formula is C29H32ClF3N6O5S. The van der Waals surface area contributed by atoms with Crippen LogP contribution in [0.25, 0.3) is 0 Å². The lowest BCUT2D eigenvalue weighted by molar-refractivity contribution is -0.156. The molecule has 0 spiro atoms. The lowest BCUT2D eigenvalue weighted by Crippen LogP contribution is -2.52. The molecule has 3 atom stereocenters. The van der Waals surface area contributed by atoms with Crippen LogP contribution in [0.5, 0.6) is 0 Å². The van der Waals surface area contributed by atoms with Gasteiger partial charge in [0.2, 0.25) is 5.91 Å². The zero-order valence-corrected chi connectivity index (χ0v) is 26.5. The highest BCUT2D eigenvalue weighted by Gasteiger charge is 2.62. The van der Waals surface area contributed by atoms with Crippen LogP contribution in [0.2, 0.25) is 5.02 Å². The molecule has 1 aromatic heterocycles. The van der Waals surface area contributed by atoms with E-state index in [1.165, 1.54) is 59.2 Å². The molecule has 2 saturated heterocycles. The summed E-state index contributed by atoms with van der Waals surface area (Å²) in [5, 5.41) is 17.1. The highest BCUT2D eigenvalue weighted by molar-refractivity contribution is 7.11. The minimum Gasteiger partial charge on any atom is -0.481 e. The predicted molar refractivity (Wildman–Crippen MR) is 159 cm³/mol. The van der Waals surface area contributed by atoms with Crippen molar-refractivity contribution >= 4 is 46.6 Å². The molecule has 2 fully saturated rings. The Morgan fingerprint density at radius 2 is 2.02 bits per heavy atom. The second kappa shape index (κ2) is 12.3. The number of methoxy groups -OCH3 is 1. The van der Waals surface area contributed by atoms with Gasteiger partial charge in [-0.3, -0.25) is 24.5 Å². The molecule has 0 aliphatic carbocycles. The molecule has 0 saturated carbocycles. The third-order valence-corrected chi connectivity index (χ3v) is 9.56. The summed E-state index contributed by atoms with van der Waals surface area (Å²) in [6.07, 6.45) is 1.57. The average molecular weight is 669 g/mol. The van der Waals surface area contributed by atoms with Crippen LogP contribution in [-0.2, 0) is 19.1 Å². The third-order valence-electron chi connectivity index (χ3n) is 8.38. The first-order valence-electron chi connectivity index (χ1n) is 14.1. The molecule has 16 heteroatoms. The monoisotopic (exact) mass is 668 g/mol. The number of alkyl halides is 2. The number of likely N-dealkylation sites (tertiary alicyclic amines) is 1. The van der Waals surface area contributed by atoms with Crippen LogP contribution in [0.4, 0.5) is 13.2 Å². The van der Waals surface area contributed by atoms with Crippen molar-refractivity contribution in [3.05, 3.63) is 62.5 Å². The van der Waals surface area contributed by atoms with Gasteiger partial charge in [0.15, 0.2) is 10.8 Å². The summed E-state index contributed by atoms with van der Waals surface area (Å²) in [6, 6.07) is 0.648. The third kappa shape index (κ3) is 6.18. The molecule has 3 aliphatic rings. The number of amidine groups is 1. The van der Waals surface area contributed by atoms with Gasteiger partial charge in [0.05, 0.1) is 42.3 Å². The summed E-state index contributed by atoms with van der Waals surface area (Å²) < 4.78 is 51.4. The standard InChI is InChI=1S/C29H32ClF3N6O5S/c1-15(40)39-13-19-23(38(39)10-8-28(2,3)27(42)43)29(32,33)14-37(19)12-18-20(26(41)44-4)22(16-6-5-7-17(31)21(16)30)36-24(35-18)25-34-9-11-45-25/h5-7,9,11,19,22-23H,8,10,12-14H2,1-4H3,(H,35,36)(H,42,43)/t19-,22?,23+/m1/s1. The van der Waals surface area contributed by atoms with Gasteiger partial charge in [0, 0.05) is 42.9 Å². The molecular weight excluding hydrogens is 637 g/mol. The number of esters is 1. The number of rotatable bonds is 9. The van der Waals surface area contributed by atoms with Crippen molar-refractivity contribution in [3.8, 4) is 0 Å². The minimum absolute atomic E-state index is 0.0221. The van der Waals surface area contributed by atoms with Crippen molar-refractivity contribution in [3.63, 3.8) is 0 Å². The summed E-state index contributed by atoms with van der Waals surface area (Å²) in [5.41, 5.74) is -0.896. The van der Waals surface area contributed by atoms with Crippen molar-refractivity contribution in [2.45, 2.75) is 51.2 Å². The van der Waals surface area contributed by atoms with Crippen LogP contribution < -0.4 is 5.32 Å². The van der Waals surface area contributed by atoms with Gasteiger partial charge in [-0.05, 0) is 26.3 Å². The number of carboxylic acid groups (broad SMARTS) is 1. The van der Waals surface area contributed by atoms with E-state index in [1.54, 1.807) is 11.6 Å². The topological polar surface area (TPSA) is 128 Å². The molecule has 0 radical (unpaired) electrons. The Kier molecular flexibility index (Phi) is 9.01. The van der Waals surface area contributed by atoms with Crippen LogP contribution in [0.1, 0.15) is 43.8 Å². The Balaban J connectivity index is 1.55. The quantitative estimate of drug-likeness (QED) is 0.385. The fourth-order valence-corrected chi connectivity index (χ4v) is 6.77. The lowest BCUT2D eigenvalue weighted by Gasteiger charge is -2.35. The second-order valence-electron chi connectivity index (χ2n) is 11.8. The number of benzene rings is 1. The number of aromatic nitrogens is 1. The maximum absolute atomic E-state index is 15.9. The number of ether oxygens (including phenoxy) is 1. The number of hydrazine groups is 1. The zero-order chi connectivity index (χ0) is 32.8. The van der Waals surface area contributed by atoms with Crippen molar-refractivity contribution in [2.75, 3.05) is 33.3 Å². The molecule has 1 unspecified atom stereocenters. The van der Waals surface area contributed by atoms with Gasteiger partial charge in [-0.1, -0.05) is 23.7 Å². The number of carbonyl (C=O) groups is 3. The van der Waals surface area contributed by atoms with E-state index in [-0.39, 0.29) is 53.7 Å². The molecule has 2 aromatic rings. The van der Waals surface area contributed by atoms with E-state index in [4.69, 9.17) is 16.3 Å². The number of nitrogens with one attached hydrogen (secondary N) is 1. The predicted octanol–water partition coefficient (Wildman–Crippen LogP) is 3.72. The molecule has 4 heterocycles. The maximum atomic E-state index is 15.9. The van der Waals surface area contributed by atoms with Gasteiger partial charge in [-0.25, -0.2) is 28.0 Å². The van der Waals surface area contributed by atoms with Crippen LogP contribution in [0, 0.1) is 11.2 Å². The van der Waals surface area contributed by atoms with E-state index in [2.05, 4.69) is 15.3 Å². The van der Waals surface area contributed by atoms with Crippen molar-refractivity contribution < 1.29 is 37.4 Å². The van der Waals surface area contributed by atoms with Gasteiger partial charge < -0.3 is 15.2 Å². The summed E-state index contributed by atoms with van der Waals surface area (Å²) in [4.78, 5) is 48.0. The molecule has 45 heavy (non-hydrogen) atoms. The summed E-state index contributed by atoms with van der Waals surface area (Å²) in [6.45, 7) is 3.19. The maximum Gasteiger partial charge on any atom is 0.338 e. The van der Waals surface area contributed by atoms with Gasteiger partial charge in [0.1, 0.15) is 17.9 Å². The first kappa shape index (κ1) is 32.9. The highest BCUT2D eigenvalue weighted by Crippen LogP contribution is 2.43. The minimum atomic E-state index is -3.31. The number of halogens is 4. The van der Waals surface area contributed by atoms with Gasteiger partial charge in [-0.15, -0.1) is 11.3 Å². The number of nitrogens with zero attached hydrogens (tertiary/aromatic N) is 5. The number of carboxylic acids is 1. The van der Waals surface area contributed by atoms with Gasteiger partial charge >= 0.3 is 11.9 Å². The van der Waals surface area contributed by atoms with Gasteiger partial charge in [0.25, 0.3) is 5.92 Å². The Hall–Kier alpha value is -3.53. The van der Waals surface area contributed by atoms with E-state index in [0.29, 0.717) is 5.01 Å². The molecule has 242 valence electrons. The number of carbonyl (C=O) groups excluding carboxylic acids is 2. The Bertz CT molecular complexity index is 1570. The van der Waals surface area contributed by atoms with Gasteiger partial charge in [-0.2, -0.15) is 0 Å². The SMILES string of the molecule is COC(=O)C1=C(CN2CC(F)(F)[C@@H]3[C@H]2CN(C(C)=O)N3CCC(C)(C)C(=O)O)NC(c2nccs2)=NC1c1cccc(F)c1Cl. The van der Waals surface area contributed by atoms with Crippen molar-refractivity contribution in [1.29, 1.82) is 0 Å². The number of thiazole rings is 1. The van der Waals surface area contributed by atoms with E-state index >= 15 is 8.78 Å². The van der Waals surface area contributed by atoms with Crippen LogP contribution in [0.3, 0.4) is 0 Å². The molecule has 1 amide bonds. The smallest absolute Gasteiger partial charge is 0.338 e. The molecule has 5 rings (SSSR count). The lowest BCUT2D eigenvalue weighted by atomic mass is 9.89. The molecule has 3 aliphatic heterocycles. The largest absolute Gasteiger partial charge is 0.481 e. The highest BCUT2D eigenvalue weighted by atomic mass is 35.5. The number of aliphatic carboxylic acids is 1. The Labute approximate surface area is 266 Å². The first-order valence-corrected chi connectivity index (χ1v) is 15.3.